The molecule has 11 heteroatoms. The molecule has 0 saturated carbocycles. The number of rotatable bonds is 5. The summed E-state index contributed by atoms with van der Waals surface area (Å²) in [6.45, 7) is 4.50. The van der Waals surface area contributed by atoms with Crippen LogP contribution in [0.4, 0.5) is 11.6 Å². The molecular weight excluding hydrogens is 486 g/mol. The quantitative estimate of drug-likeness (QED) is 0.528. The molecule has 182 valence electrons. The third-order valence-corrected chi connectivity index (χ3v) is 8.24. The first-order valence-electron chi connectivity index (χ1n) is 11.4. The predicted octanol–water partition coefficient (Wildman–Crippen LogP) is 3.66. The van der Waals surface area contributed by atoms with Crippen LogP contribution in [0.3, 0.4) is 0 Å². The average Bonchev–Trinajstić information content (AvgIpc) is 3.16. The molecule has 0 radical (unpaired) electrons. The molecule has 2 saturated heterocycles. The number of nitrogens with two attached hydrogens (primary N) is 1. The van der Waals surface area contributed by atoms with E-state index in [0.29, 0.717) is 16.7 Å². The molecule has 2 aliphatic rings. The highest BCUT2D eigenvalue weighted by Gasteiger charge is 2.47. The van der Waals surface area contributed by atoms with Crippen molar-refractivity contribution in [2.45, 2.75) is 41.7 Å². The minimum Gasteiger partial charge on any atom is -0.376 e. The van der Waals surface area contributed by atoms with Crippen LogP contribution in [0.5, 0.6) is 0 Å². The molecule has 0 unspecified atom stereocenters. The molecular formula is C24H26ClN7O2S. The van der Waals surface area contributed by atoms with E-state index in [-0.39, 0.29) is 23.4 Å². The van der Waals surface area contributed by atoms with Crippen LogP contribution in [0.15, 0.2) is 58.8 Å². The second kappa shape index (κ2) is 10.1. The van der Waals surface area contributed by atoms with E-state index in [1.54, 1.807) is 24.5 Å². The summed E-state index contributed by atoms with van der Waals surface area (Å²) in [6, 6.07) is 7.17. The highest BCUT2D eigenvalue weighted by molar-refractivity contribution is 7.99. The number of hydrogen-bond donors (Lipinski definition) is 2. The van der Waals surface area contributed by atoms with Crippen LogP contribution < -0.4 is 16.0 Å². The summed E-state index contributed by atoms with van der Waals surface area (Å²) in [7, 11) is 0. The zero-order chi connectivity index (χ0) is 24.4. The fourth-order valence-corrected chi connectivity index (χ4v) is 5.66. The second-order valence-electron chi connectivity index (χ2n) is 8.86. The lowest BCUT2D eigenvalue weighted by atomic mass is 9.73. The maximum atomic E-state index is 12.4. The fraction of sp³-hybridized carbons (Fsp3) is 0.375. The van der Waals surface area contributed by atoms with Gasteiger partial charge in [-0.15, -0.1) is 0 Å². The van der Waals surface area contributed by atoms with E-state index in [0.717, 1.165) is 42.3 Å². The summed E-state index contributed by atoms with van der Waals surface area (Å²) in [4.78, 5) is 33.3. The number of aromatic nitrogens is 4. The summed E-state index contributed by atoms with van der Waals surface area (Å²) in [5.74, 6) is 0.358. The third kappa shape index (κ3) is 4.97. The van der Waals surface area contributed by atoms with Crippen molar-refractivity contribution in [1.82, 2.24) is 19.9 Å². The number of nitrogens with zero attached hydrogens (tertiary/aromatic N) is 5. The summed E-state index contributed by atoms with van der Waals surface area (Å²) in [5.41, 5.74) is 6.98. The number of piperidine rings is 1. The number of amides is 1. The molecule has 1 amide bonds. The molecule has 2 atom stereocenters. The zero-order valence-electron chi connectivity index (χ0n) is 19.2. The van der Waals surface area contributed by atoms with E-state index >= 15 is 0 Å². The molecule has 2 fully saturated rings. The van der Waals surface area contributed by atoms with Crippen molar-refractivity contribution in [3.05, 3.63) is 59.9 Å². The van der Waals surface area contributed by atoms with Crippen molar-refractivity contribution in [2.24, 2.45) is 11.1 Å². The van der Waals surface area contributed by atoms with Crippen molar-refractivity contribution in [3.8, 4) is 0 Å². The molecule has 3 N–H and O–H groups in total. The molecule has 2 aliphatic heterocycles. The van der Waals surface area contributed by atoms with Crippen LogP contribution in [0.25, 0.3) is 0 Å². The van der Waals surface area contributed by atoms with E-state index in [9.17, 15) is 4.79 Å². The monoisotopic (exact) mass is 511 g/mol. The average molecular weight is 512 g/mol. The minimum absolute atomic E-state index is 0.0650. The van der Waals surface area contributed by atoms with Gasteiger partial charge in [0.2, 0.25) is 11.8 Å². The van der Waals surface area contributed by atoms with E-state index < -0.39 is 5.91 Å². The van der Waals surface area contributed by atoms with Crippen LogP contribution in [0.2, 0.25) is 5.02 Å². The van der Waals surface area contributed by atoms with E-state index in [4.69, 9.17) is 22.1 Å². The number of ether oxygens (including phenoxy) is 1. The lowest BCUT2D eigenvalue weighted by molar-refractivity contribution is 0.0973. The van der Waals surface area contributed by atoms with Crippen LogP contribution in [0.1, 0.15) is 30.4 Å². The summed E-state index contributed by atoms with van der Waals surface area (Å²) in [6.07, 6.45) is 8.67. The molecule has 35 heavy (non-hydrogen) atoms. The Morgan fingerprint density at radius 2 is 1.89 bits per heavy atom. The normalized spacial score (nSPS) is 21.3. The topological polar surface area (TPSA) is 119 Å². The van der Waals surface area contributed by atoms with Crippen LogP contribution in [-0.4, -0.2) is 57.7 Å². The molecule has 3 aromatic rings. The number of carbonyl (C=O) groups is 1. The Morgan fingerprint density at radius 1 is 1.17 bits per heavy atom. The van der Waals surface area contributed by atoms with Crippen molar-refractivity contribution in [2.75, 3.05) is 29.9 Å². The maximum Gasteiger partial charge on any atom is 0.293 e. The summed E-state index contributed by atoms with van der Waals surface area (Å²) < 4.78 is 5.82. The summed E-state index contributed by atoms with van der Waals surface area (Å²) >= 11 is 8.01. The highest BCUT2D eigenvalue weighted by atomic mass is 35.5. The van der Waals surface area contributed by atoms with Gasteiger partial charge >= 0.3 is 0 Å². The van der Waals surface area contributed by atoms with Crippen LogP contribution in [0, 0.1) is 5.41 Å². The van der Waals surface area contributed by atoms with Gasteiger partial charge in [-0.05, 0) is 38.0 Å². The molecule has 2 aromatic heterocycles. The minimum atomic E-state index is -0.426. The number of nitrogens with one attached hydrogen (secondary N) is 1. The Kier molecular flexibility index (Phi) is 6.88. The van der Waals surface area contributed by atoms with Crippen molar-refractivity contribution in [3.63, 3.8) is 0 Å². The first kappa shape index (κ1) is 23.9. The third-order valence-electron chi connectivity index (χ3n) is 6.71. The van der Waals surface area contributed by atoms with E-state index in [1.165, 1.54) is 24.2 Å². The number of anilines is 2. The number of halogens is 1. The molecule has 4 heterocycles. The Balaban J connectivity index is 1.22. The number of carbonyl (C=O) groups excluding carboxylic acids is 1. The molecule has 9 nitrogen and oxygen atoms in total. The standard InChI is InChI=1S/C24H26ClN7O2S/c1-15-20(26)24(14-34-15)6-10-32(11-7-24)23-29-12-16(13-30-23)35-18-5-2-4-17(19(18)25)31-22(33)21-27-8-3-9-28-21/h2-5,8-9,12-13,15,20H,6-7,10-11,14,26H2,1H3,(H,31,33)/t15-,20-/m0/s1. The maximum absolute atomic E-state index is 12.4. The van der Waals surface area contributed by atoms with Gasteiger partial charge in [0.05, 0.1) is 23.4 Å². The predicted molar refractivity (Wildman–Crippen MR) is 135 cm³/mol. The first-order chi connectivity index (χ1) is 16.9. The lowest BCUT2D eigenvalue weighted by Gasteiger charge is -2.41. The molecule has 1 spiro atoms. The van der Waals surface area contributed by atoms with Crippen LogP contribution >= 0.6 is 23.4 Å². The van der Waals surface area contributed by atoms with Gasteiger partial charge < -0.3 is 20.7 Å². The van der Waals surface area contributed by atoms with Gasteiger partial charge in [-0.25, -0.2) is 19.9 Å². The first-order valence-corrected chi connectivity index (χ1v) is 12.6. The van der Waals surface area contributed by atoms with Crippen LogP contribution in [-0.2, 0) is 4.74 Å². The van der Waals surface area contributed by atoms with Crippen molar-refractivity contribution >= 4 is 40.9 Å². The second-order valence-corrected chi connectivity index (χ2v) is 10.3. The Hall–Kier alpha value is -2.79. The van der Waals surface area contributed by atoms with Crippen molar-refractivity contribution in [1.29, 1.82) is 0 Å². The van der Waals surface area contributed by atoms with Crippen molar-refractivity contribution < 1.29 is 9.53 Å². The molecule has 5 rings (SSSR count). The molecule has 1 aromatic carbocycles. The summed E-state index contributed by atoms with van der Waals surface area (Å²) in [5, 5.41) is 3.19. The van der Waals surface area contributed by atoms with Gasteiger partial charge in [-0.3, -0.25) is 4.79 Å². The van der Waals surface area contributed by atoms with Gasteiger partial charge in [0.15, 0.2) is 0 Å². The Bertz CT molecular complexity index is 1190. The Labute approximate surface area is 212 Å². The molecule has 0 aliphatic carbocycles. The SMILES string of the molecule is C[C@@H]1OCC2(CCN(c3ncc(Sc4cccc(NC(=O)c5ncccn5)c4Cl)cn3)CC2)[C@H]1N. The van der Waals surface area contributed by atoms with Gasteiger partial charge in [0, 0.05) is 59.1 Å². The van der Waals surface area contributed by atoms with Gasteiger partial charge in [-0.2, -0.15) is 0 Å². The lowest BCUT2D eigenvalue weighted by Crippen LogP contribution is -2.50. The van der Waals surface area contributed by atoms with Gasteiger partial charge in [0.1, 0.15) is 0 Å². The van der Waals surface area contributed by atoms with E-state index in [2.05, 4.69) is 37.1 Å². The van der Waals surface area contributed by atoms with E-state index in [1.807, 2.05) is 12.1 Å². The Morgan fingerprint density at radius 3 is 2.54 bits per heavy atom. The number of hydrogen-bond acceptors (Lipinski definition) is 9. The van der Waals surface area contributed by atoms with Gasteiger partial charge in [-0.1, -0.05) is 29.4 Å². The fourth-order valence-electron chi connectivity index (χ4n) is 4.56. The smallest absolute Gasteiger partial charge is 0.293 e. The largest absolute Gasteiger partial charge is 0.376 e. The number of benzene rings is 1. The highest BCUT2D eigenvalue weighted by Crippen LogP contribution is 2.42. The van der Waals surface area contributed by atoms with Gasteiger partial charge in [0.25, 0.3) is 5.91 Å². The molecule has 0 bridgehead atoms. The zero-order valence-corrected chi connectivity index (χ0v) is 20.8.